The third kappa shape index (κ3) is 4.00. The lowest BCUT2D eigenvalue weighted by Crippen LogP contribution is -2.35. The van der Waals surface area contributed by atoms with Gasteiger partial charge in [-0.2, -0.15) is 11.8 Å². The highest BCUT2D eigenvalue weighted by atomic mass is 32.2. The van der Waals surface area contributed by atoms with Crippen molar-refractivity contribution in [2.24, 2.45) is 0 Å². The number of hydrogen-bond acceptors (Lipinski definition) is 3. The summed E-state index contributed by atoms with van der Waals surface area (Å²) in [6.07, 6.45) is 0.664. The molecule has 0 unspecified atom stereocenters. The molecule has 0 saturated carbocycles. The smallest absolute Gasteiger partial charge is 0.223 e. The fraction of sp³-hybridized carbons (Fsp3) is 0.889. The van der Waals surface area contributed by atoms with Gasteiger partial charge >= 0.3 is 0 Å². The highest BCUT2D eigenvalue weighted by Crippen LogP contribution is 2.09. The van der Waals surface area contributed by atoms with E-state index in [1.165, 1.54) is 11.5 Å². The number of carbonyl (C=O) groups is 1. The van der Waals surface area contributed by atoms with E-state index in [2.05, 4.69) is 4.90 Å². The molecule has 0 N–H and O–H groups in total. The maximum absolute atomic E-state index is 11.3. The Bertz CT molecular complexity index is 167. The van der Waals surface area contributed by atoms with E-state index in [1.807, 2.05) is 25.9 Å². The minimum Gasteiger partial charge on any atom is -0.349 e. The van der Waals surface area contributed by atoms with Crippen molar-refractivity contribution < 1.29 is 4.79 Å². The van der Waals surface area contributed by atoms with Crippen LogP contribution in [0.4, 0.5) is 0 Å². The number of rotatable bonds is 3. The molecule has 0 aromatic heterocycles. The average Bonchev–Trinajstić information content (AvgIpc) is 2.15. The van der Waals surface area contributed by atoms with E-state index in [-0.39, 0.29) is 5.91 Å². The molecule has 0 atom stereocenters. The molecule has 1 aliphatic heterocycles. The first kappa shape index (κ1) is 10.9. The Morgan fingerprint density at radius 1 is 1.38 bits per heavy atom. The van der Waals surface area contributed by atoms with Crippen LogP contribution in [-0.2, 0) is 4.79 Å². The predicted octanol–water partition coefficient (Wildman–Crippen LogP) is 0.513. The van der Waals surface area contributed by atoms with Gasteiger partial charge in [0.25, 0.3) is 0 Å². The van der Waals surface area contributed by atoms with E-state index in [4.69, 9.17) is 0 Å². The van der Waals surface area contributed by atoms with Crippen LogP contribution in [0, 0.1) is 0 Å². The molecule has 1 saturated heterocycles. The number of nitrogens with zero attached hydrogens (tertiary/aromatic N) is 2. The van der Waals surface area contributed by atoms with Gasteiger partial charge in [-0.1, -0.05) is 0 Å². The summed E-state index contributed by atoms with van der Waals surface area (Å²) in [5.41, 5.74) is 0. The zero-order chi connectivity index (χ0) is 9.68. The molecule has 1 heterocycles. The third-order valence-electron chi connectivity index (χ3n) is 2.24. The second-order valence-electron chi connectivity index (χ2n) is 3.49. The summed E-state index contributed by atoms with van der Waals surface area (Å²) >= 11 is 2.00. The molecule has 1 fully saturated rings. The lowest BCUT2D eigenvalue weighted by molar-refractivity contribution is -0.129. The Morgan fingerprint density at radius 2 is 2.00 bits per heavy atom. The molecule has 0 bridgehead atoms. The van der Waals surface area contributed by atoms with E-state index in [9.17, 15) is 4.79 Å². The van der Waals surface area contributed by atoms with Crippen molar-refractivity contribution in [3.8, 4) is 0 Å². The first-order valence-electron chi connectivity index (χ1n) is 4.70. The van der Waals surface area contributed by atoms with Crippen molar-refractivity contribution in [2.45, 2.75) is 6.42 Å². The molecule has 0 aromatic carbocycles. The van der Waals surface area contributed by atoms with Gasteiger partial charge < -0.3 is 9.80 Å². The van der Waals surface area contributed by atoms with Gasteiger partial charge in [0.2, 0.25) is 5.91 Å². The summed E-state index contributed by atoms with van der Waals surface area (Å²) in [5, 5.41) is 0. The highest BCUT2D eigenvalue weighted by molar-refractivity contribution is 7.99. The van der Waals surface area contributed by atoms with Crippen LogP contribution in [0.3, 0.4) is 0 Å². The van der Waals surface area contributed by atoms with E-state index in [0.29, 0.717) is 6.42 Å². The predicted molar refractivity (Wildman–Crippen MR) is 57.1 cm³/mol. The number of thioether (sulfide) groups is 1. The summed E-state index contributed by atoms with van der Waals surface area (Å²) in [4.78, 5) is 15.3. The zero-order valence-corrected chi connectivity index (χ0v) is 9.27. The number of hydrogen-bond donors (Lipinski definition) is 0. The Balaban J connectivity index is 2.13. The monoisotopic (exact) mass is 202 g/mol. The van der Waals surface area contributed by atoms with Crippen molar-refractivity contribution in [1.29, 1.82) is 0 Å². The molecule has 0 spiro atoms. The molecule has 0 aromatic rings. The van der Waals surface area contributed by atoms with E-state index in [1.54, 1.807) is 4.90 Å². The van der Waals surface area contributed by atoms with Gasteiger partial charge in [-0.25, -0.2) is 0 Å². The molecule has 0 aliphatic carbocycles. The molecule has 1 rings (SSSR count). The lowest BCUT2D eigenvalue weighted by Gasteiger charge is -2.26. The van der Waals surface area contributed by atoms with Gasteiger partial charge in [-0.15, -0.1) is 0 Å². The van der Waals surface area contributed by atoms with Crippen LogP contribution in [0.15, 0.2) is 0 Å². The van der Waals surface area contributed by atoms with Gasteiger partial charge in [0.05, 0.1) is 0 Å². The van der Waals surface area contributed by atoms with Crippen LogP contribution in [-0.4, -0.2) is 60.9 Å². The van der Waals surface area contributed by atoms with Crippen molar-refractivity contribution in [2.75, 3.05) is 45.2 Å². The number of amides is 1. The van der Waals surface area contributed by atoms with E-state index in [0.717, 1.165) is 19.6 Å². The quantitative estimate of drug-likeness (QED) is 0.666. The van der Waals surface area contributed by atoms with Crippen molar-refractivity contribution in [1.82, 2.24) is 9.80 Å². The summed E-state index contributed by atoms with van der Waals surface area (Å²) in [6, 6.07) is 0. The molecular formula is C9H18N2OS. The fourth-order valence-electron chi connectivity index (χ4n) is 1.30. The maximum atomic E-state index is 11.3. The normalized spacial score (nSPS) is 18.6. The zero-order valence-electron chi connectivity index (χ0n) is 8.45. The molecule has 4 heteroatoms. The Hall–Kier alpha value is -0.220. The summed E-state index contributed by atoms with van der Waals surface area (Å²) in [6.45, 7) is 3.22. The fourth-order valence-corrected chi connectivity index (χ4v) is 2.28. The van der Waals surface area contributed by atoms with E-state index >= 15 is 0 Å². The van der Waals surface area contributed by atoms with Gasteiger partial charge in [0.1, 0.15) is 0 Å². The molecule has 1 amide bonds. The standard InChI is InChI=1S/C9H18N2OS/c1-10(2)9(12)3-4-11-5-7-13-8-6-11/h3-8H2,1-2H3. The molecule has 3 nitrogen and oxygen atoms in total. The molecule has 76 valence electrons. The van der Waals surface area contributed by atoms with Crippen LogP contribution < -0.4 is 0 Å². The minimum absolute atomic E-state index is 0.234. The maximum Gasteiger partial charge on any atom is 0.223 e. The van der Waals surface area contributed by atoms with Crippen molar-refractivity contribution in [3.63, 3.8) is 0 Å². The second-order valence-corrected chi connectivity index (χ2v) is 4.72. The molecule has 13 heavy (non-hydrogen) atoms. The average molecular weight is 202 g/mol. The van der Waals surface area contributed by atoms with Crippen LogP contribution in [0.5, 0.6) is 0 Å². The summed E-state index contributed by atoms with van der Waals surface area (Å²) < 4.78 is 0. The SMILES string of the molecule is CN(C)C(=O)CCN1CCSCC1. The van der Waals surface area contributed by atoms with Crippen molar-refractivity contribution in [3.05, 3.63) is 0 Å². The largest absolute Gasteiger partial charge is 0.349 e. The van der Waals surface area contributed by atoms with Crippen LogP contribution in [0.1, 0.15) is 6.42 Å². The summed E-state index contributed by atoms with van der Waals surface area (Å²) in [7, 11) is 3.63. The van der Waals surface area contributed by atoms with Crippen LogP contribution in [0.25, 0.3) is 0 Å². The molecule has 1 aliphatic rings. The lowest BCUT2D eigenvalue weighted by atomic mass is 10.3. The van der Waals surface area contributed by atoms with Crippen LogP contribution in [0.2, 0.25) is 0 Å². The van der Waals surface area contributed by atoms with Gasteiger partial charge in [0, 0.05) is 51.7 Å². The van der Waals surface area contributed by atoms with Gasteiger partial charge in [-0.3, -0.25) is 4.79 Å². The minimum atomic E-state index is 0.234. The summed E-state index contributed by atoms with van der Waals surface area (Å²) in [5.74, 6) is 2.67. The van der Waals surface area contributed by atoms with Crippen LogP contribution >= 0.6 is 11.8 Å². The third-order valence-corrected chi connectivity index (χ3v) is 3.19. The van der Waals surface area contributed by atoms with Gasteiger partial charge in [0.15, 0.2) is 0 Å². The second kappa shape index (κ2) is 5.50. The highest BCUT2D eigenvalue weighted by Gasteiger charge is 2.12. The molecular weight excluding hydrogens is 184 g/mol. The van der Waals surface area contributed by atoms with Gasteiger partial charge in [-0.05, 0) is 0 Å². The number of carbonyl (C=O) groups excluding carboxylic acids is 1. The topological polar surface area (TPSA) is 23.6 Å². The van der Waals surface area contributed by atoms with Crippen molar-refractivity contribution >= 4 is 17.7 Å². The Labute approximate surface area is 84.5 Å². The Morgan fingerprint density at radius 3 is 2.54 bits per heavy atom. The Kier molecular flexibility index (Phi) is 4.59. The first-order chi connectivity index (χ1) is 6.20. The first-order valence-corrected chi connectivity index (χ1v) is 5.86. The van der Waals surface area contributed by atoms with E-state index < -0.39 is 0 Å². The molecule has 0 radical (unpaired) electrons.